The van der Waals surface area contributed by atoms with E-state index in [0.717, 1.165) is 6.26 Å². The van der Waals surface area contributed by atoms with Crippen molar-refractivity contribution < 1.29 is 23.1 Å². The van der Waals surface area contributed by atoms with Gasteiger partial charge in [0, 0.05) is 5.69 Å². The Kier molecular flexibility index (Phi) is 4.26. The molecule has 110 valence electrons. The lowest BCUT2D eigenvalue weighted by Crippen LogP contribution is -2.48. The van der Waals surface area contributed by atoms with Crippen LogP contribution in [0.2, 0.25) is 0 Å². The molecule has 0 bridgehead atoms. The lowest BCUT2D eigenvalue weighted by molar-refractivity contribution is -0.133. The molecule has 1 amide bonds. The lowest BCUT2D eigenvalue weighted by atomic mass is 10.0. The van der Waals surface area contributed by atoms with Crippen molar-refractivity contribution in [2.75, 3.05) is 24.2 Å². The van der Waals surface area contributed by atoms with Crippen LogP contribution >= 0.6 is 0 Å². The van der Waals surface area contributed by atoms with Crippen LogP contribution in [0.5, 0.6) is 0 Å². The number of carbonyl (C=O) groups excluding carboxylic acids is 1. The first kappa shape index (κ1) is 14.8. The van der Waals surface area contributed by atoms with E-state index >= 15 is 0 Å². The van der Waals surface area contributed by atoms with Crippen LogP contribution in [0.25, 0.3) is 0 Å². The molecule has 1 aromatic carbocycles. The second kappa shape index (κ2) is 5.78. The van der Waals surface area contributed by atoms with Crippen LogP contribution in [0, 0.1) is 0 Å². The maximum atomic E-state index is 11.2. The predicted molar refractivity (Wildman–Crippen MR) is 72.6 cm³/mol. The van der Waals surface area contributed by atoms with E-state index in [1.807, 2.05) is 0 Å². The van der Waals surface area contributed by atoms with E-state index in [9.17, 15) is 18.3 Å². The molecule has 1 fully saturated rings. The lowest BCUT2D eigenvalue weighted by Gasteiger charge is -2.28. The van der Waals surface area contributed by atoms with Crippen LogP contribution < -0.4 is 10.0 Å². The highest BCUT2D eigenvalue weighted by molar-refractivity contribution is 7.92. The second-order valence-electron chi connectivity index (χ2n) is 4.63. The normalized spacial score (nSPS) is 21.1. The number of ether oxygens (including phenoxy) is 1. The Labute approximate surface area is 117 Å². The summed E-state index contributed by atoms with van der Waals surface area (Å²) in [6, 6.07) is 5.78. The van der Waals surface area contributed by atoms with Crippen molar-refractivity contribution in [3.8, 4) is 0 Å². The highest BCUT2D eigenvalue weighted by atomic mass is 32.2. The Bertz CT molecular complexity index is 584. The van der Waals surface area contributed by atoms with Crippen molar-refractivity contribution in [3.05, 3.63) is 29.8 Å². The van der Waals surface area contributed by atoms with Gasteiger partial charge in [-0.1, -0.05) is 12.1 Å². The molecule has 1 aromatic rings. The third-order valence-electron chi connectivity index (χ3n) is 2.81. The molecule has 20 heavy (non-hydrogen) atoms. The van der Waals surface area contributed by atoms with Crippen LogP contribution in [0.3, 0.4) is 0 Å². The predicted octanol–water partition coefficient (Wildman–Crippen LogP) is -0.393. The number of amides is 1. The molecule has 0 radical (unpaired) electrons. The molecule has 1 aliphatic heterocycles. The van der Waals surface area contributed by atoms with E-state index in [2.05, 4.69) is 10.0 Å². The zero-order chi connectivity index (χ0) is 14.8. The van der Waals surface area contributed by atoms with Gasteiger partial charge >= 0.3 is 0 Å². The average molecular weight is 300 g/mol. The van der Waals surface area contributed by atoms with Gasteiger partial charge in [-0.2, -0.15) is 0 Å². The highest BCUT2D eigenvalue weighted by Gasteiger charge is 2.26. The molecule has 1 heterocycles. The fraction of sp³-hybridized carbons (Fsp3) is 0.417. The Balaban J connectivity index is 2.07. The summed E-state index contributed by atoms with van der Waals surface area (Å²) in [7, 11) is -3.33. The second-order valence-corrected chi connectivity index (χ2v) is 6.38. The minimum atomic E-state index is -3.33. The number of rotatable bonds is 4. The first-order valence-corrected chi connectivity index (χ1v) is 7.87. The van der Waals surface area contributed by atoms with Crippen LogP contribution in [0.1, 0.15) is 11.7 Å². The SMILES string of the molecule is CS(=O)(=O)Nc1ccc([C@@H](O)[C@H]2COCC(=O)N2)cc1. The standard InChI is InChI=1S/C12H16N2O5S/c1-20(17,18)14-9-4-2-8(3-5-9)12(16)10-6-19-7-11(15)13-10/h2-5,10,12,14,16H,6-7H2,1H3,(H,13,15)/t10-,12-/m1/s1. The van der Waals surface area contributed by atoms with Gasteiger partial charge in [-0.05, 0) is 17.7 Å². The first-order valence-electron chi connectivity index (χ1n) is 5.98. The summed E-state index contributed by atoms with van der Waals surface area (Å²) in [5.74, 6) is -0.268. The van der Waals surface area contributed by atoms with Crippen molar-refractivity contribution in [3.63, 3.8) is 0 Å². The highest BCUT2D eigenvalue weighted by Crippen LogP contribution is 2.21. The van der Waals surface area contributed by atoms with E-state index in [1.165, 1.54) is 0 Å². The molecular weight excluding hydrogens is 284 g/mol. The van der Waals surface area contributed by atoms with Crippen molar-refractivity contribution in [2.24, 2.45) is 0 Å². The van der Waals surface area contributed by atoms with Crippen LogP contribution in [0.15, 0.2) is 24.3 Å². The number of anilines is 1. The smallest absolute Gasteiger partial charge is 0.246 e. The zero-order valence-electron chi connectivity index (χ0n) is 10.9. The van der Waals surface area contributed by atoms with Gasteiger partial charge in [0.15, 0.2) is 0 Å². The molecule has 0 spiro atoms. The Morgan fingerprint density at radius 3 is 2.60 bits per heavy atom. The summed E-state index contributed by atoms with van der Waals surface area (Å²) in [5.41, 5.74) is 0.979. The molecule has 1 aliphatic rings. The molecule has 0 aromatic heterocycles. The van der Waals surface area contributed by atoms with E-state index in [1.54, 1.807) is 24.3 Å². The molecule has 8 heteroatoms. The summed E-state index contributed by atoms with van der Waals surface area (Å²) >= 11 is 0. The number of benzene rings is 1. The third kappa shape index (κ3) is 3.92. The van der Waals surface area contributed by atoms with Gasteiger partial charge in [0.1, 0.15) is 12.7 Å². The Morgan fingerprint density at radius 1 is 1.40 bits per heavy atom. The van der Waals surface area contributed by atoms with Gasteiger partial charge in [-0.25, -0.2) is 8.42 Å². The third-order valence-corrected chi connectivity index (χ3v) is 3.42. The molecule has 7 nitrogen and oxygen atoms in total. The minimum absolute atomic E-state index is 0.000434. The van der Waals surface area contributed by atoms with E-state index < -0.39 is 22.2 Å². The summed E-state index contributed by atoms with van der Waals surface area (Å²) < 4.78 is 29.5. The fourth-order valence-corrected chi connectivity index (χ4v) is 2.50. The number of carbonyl (C=O) groups is 1. The largest absolute Gasteiger partial charge is 0.386 e. The maximum Gasteiger partial charge on any atom is 0.246 e. The van der Waals surface area contributed by atoms with Crippen molar-refractivity contribution in [2.45, 2.75) is 12.1 Å². The molecule has 0 saturated carbocycles. The average Bonchev–Trinajstić information content (AvgIpc) is 2.37. The van der Waals surface area contributed by atoms with Crippen LogP contribution in [0.4, 0.5) is 5.69 Å². The molecule has 0 unspecified atom stereocenters. The number of aliphatic hydroxyl groups is 1. The molecule has 0 aliphatic carbocycles. The van der Waals surface area contributed by atoms with Crippen molar-refractivity contribution in [1.29, 1.82) is 0 Å². The molecular formula is C12H16N2O5S. The van der Waals surface area contributed by atoms with Gasteiger partial charge in [-0.15, -0.1) is 0 Å². The summed E-state index contributed by atoms with van der Waals surface area (Å²) in [5, 5.41) is 12.8. The van der Waals surface area contributed by atoms with E-state index in [0.29, 0.717) is 11.3 Å². The zero-order valence-corrected chi connectivity index (χ0v) is 11.7. The van der Waals surface area contributed by atoms with E-state index in [-0.39, 0.29) is 19.1 Å². The molecule has 1 saturated heterocycles. The van der Waals surface area contributed by atoms with Crippen molar-refractivity contribution >= 4 is 21.6 Å². The number of hydrogen-bond acceptors (Lipinski definition) is 5. The van der Waals surface area contributed by atoms with Crippen LogP contribution in [-0.4, -0.2) is 44.9 Å². The van der Waals surface area contributed by atoms with Gasteiger partial charge in [0.25, 0.3) is 0 Å². The summed E-state index contributed by atoms with van der Waals surface area (Å²) in [6.45, 7) is 0.233. The summed E-state index contributed by atoms with van der Waals surface area (Å²) in [4.78, 5) is 11.2. The van der Waals surface area contributed by atoms with Gasteiger partial charge in [-0.3, -0.25) is 9.52 Å². The number of hydrogen-bond donors (Lipinski definition) is 3. The topological polar surface area (TPSA) is 105 Å². The monoisotopic (exact) mass is 300 g/mol. The molecule has 3 N–H and O–H groups in total. The maximum absolute atomic E-state index is 11.2. The van der Waals surface area contributed by atoms with E-state index in [4.69, 9.17) is 4.74 Å². The molecule has 2 atom stereocenters. The van der Waals surface area contributed by atoms with Gasteiger partial charge in [0.2, 0.25) is 15.9 Å². The van der Waals surface area contributed by atoms with Gasteiger partial charge in [0.05, 0.1) is 18.9 Å². The quantitative estimate of drug-likeness (QED) is 0.702. The minimum Gasteiger partial charge on any atom is -0.386 e. The Hall–Kier alpha value is -1.64. The fourth-order valence-electron chi connectivity index (χ4n) is 1.93. The van der Waals surface area contributed by atoms with Crippen molar-refractivity contribution in [1.82, 2.24) is 5.32 Å². The first-order chi connectivity index (χ1) is 9.35. The van der Waals surface area contributed by atoms with Crippen LogP contribution in [-0.2, 0) is 19.6 Å². The molecule has 2 rings (SSSR count). The number of nitrogens with one attached hydrogen (secondary N) is 2. The number of morpholine rings is 1. The summed E-state index contributed by atoms with van der Waals surface area (Å²) in [6.07, 6.45) is 0.150. The number of aliphatic hydroxyl groups excluding tert-OH is 1. The van der Waals surface area contributed by atoms with Gasteiger partial charge < -0.3 is 15.2 Å². The Morgan fingerprint density at radius 2 is 2.05 bits per heavy atom. The number of sulfonamides is 1.